The fraction of sp³-hybridized carbons (Fsp3) is 0.116. The van der Waals surface area contributed by atoms with Gasteiger partial charge in [0.1, 0.15) is 12.0 Å². The van der Waals surface area contributed by atoms with Crippen LogP contribution >= 0.6 is 0 Å². The topological polar surface area (TPSA) is 55.4 Å². The molecule has 0 spiro atoms. The van der Waals surface area contributed by atoms with E-state index in [0.717, 1.165) is 44.5 Å². The Balaban J connectivity index is 1.26. The highest BCUT2D eigenvalue weighted by atomic mass is 16.5. The van der Waals surface area contributed by atoms with Gasteiger partial charge in [-0.1, -0.05) is 170 Å². The minimum Gasteiger partial charge on any atom is -0.449 e. The quantitative estimate of drug-likeness (QED) is 0.157. The van der Waals surface area contributed by atoms with E-state index in [9.17, 15) is 4.79 Å². The van der Waals surface area contributed by atoms with Crippen molar-refractivity contribution in [2.75, 3.05) is 6.61 Å². The molecule has 1 aliphatic carbocycles. The second-order valence-corrected chi connectivity index (χ2v) is 11.9. The molecule has 47 heavy (non-hydrogen) atoms. The predicted octanol–water partition coefficient (Wildman–Crippen LogP) is 8.74. The van der Waals surface area contributed by atoms with Crippen molar-refractivity contribution in [2.45, 2.75) is 23.8 Å². The fourth-order valence-electron chi connectivity index (χ4n) is 7.09. The Morgan fingerprint density at radius 1 is 0.553 bits per heavy atom. The van der Waals surface area contributed by atoms with Crippen molar-refractivity contribution in [1.82, 2.24) is 5.32 Å². The van der Waals surface area contributed by atoms with Crippen molar-refractivity contribution in [3.05, 3.63) is 203 Å². The predicted molar refractivity (Wildman–Crippen MR) is 186 cm³/mol. The number of rotatable bonds is 10. The Morgan fingerprint density at radius 3 is 1.43 bits per heavy atom. The monoisotopic (exact) mass is 613 g/mol. The third kappa shape index (κ3) is 5.75. The summed E-state index contributed by atoms with van der Waals surface area (Å²) in [6.07, 6.45) is -0.317. The molecular formula is C43H35NO3. The molecule has 0 radical (unpaired) electrons. The number of nitrogens with one attached hydrogen (secondary N) is 1. The van der Waals surface area contributed by atoms with Crippen LogP contribution in [0.25, 0.3) is 11.1 Å². The van der Waals surface area contributed by atoms with Gasteiger partial charge in [0.25, 0.3) is 0 Å². The summed E-state index contributed by atoms with van der Waals surface area (Å²) in [6, 6.07) is 54.9. The van der Waals surface area contributed by atoms with Crippen LogP contribution in [0.3, 0.4) is 0 Å². The normalized spacial score (nSPS) is 12.9. The number of benzene rings is 6. The smallest absolute Gasteiger partial charge is 0.407 e. The average Bonchev–Trinajstić information content (AvgIpc) is 3.46. The maximum atomic E-state index is 15.4. The third-order valence-electron chi connectivity index (χ3n) is 9.22. The third-order valence-corrected chi connectivity index (χ3v) is 9.22. The molecule has 0 bridgehead atoms. The molecule has 6 aromatic carbocycles. The van der Waals surface area contributed by atoms with Crippen LogP contribution in [0.2, 0.25) is 0 Å². The van der Waals surface area contributed by atoms with Gasteiger partial charge >= 0.3 is 6.09 Å². The zero-order valence-electron chi connectivity index (χ0n) is 26.0. The Bertz CT molecular complexity index is 1830. The van der Waals surface area contributed by atoms with Crippen molar-refractivity contribution in [3.63, 3.8) is 0 Å². The second kappa shape index (κ2) is 13.3. The van der Waals surface area contributed by atoms with Crippen molar-refractivity contribution in [2.24, 2.45) is 0 Å². The first kappa shape index (κ1) is 29.9. The molecule has 0 heterocycles. The highest BCUT2D eigenvalue weighted by molar-refractivity contribution is 6.02. The van der Waals surface area contributed by atoms with Gasteiger partial charge in [-0.2, -0.15) is 0 Å². The lowest BCUT2D eigenvalue weighted by molar-refractivity contribution is -0.124. The van der Waals surface area contributed by atoms with Gasteiger partial charge in [0.15, 0.2) is 5.78 Å². The molecule has 4 heteroatoms. The molecule has 230 valence electrons. The molecule has 0 fully saturated rings. The van der Waals surface area contributed by atoms with Crippen LogP contribution in [0.4, 0.5) is 4.79 Å². The zero-order chi connectivity index (χ0) is 32.1. The van der Waals surface area contributed by atoms with E-state index in [0.29, 0.717) is 6.42 Å². The van der Waals surface area contributed by atoms with Crippen molar-refractivity contribution < 1.29 is 14.3 Å². The van der Waals surface area contributed by atoms with Gasteiger partial charge < -0.3 is 10.1 Å². The Morgan fingerprint density at radius 2 is 0.957 bits per heavy atom. The molecule has 1 aliphatic rings. The van der Waals surface area contributed by atoms with Crippen LogP contribution in [0.5, 0.6) is 0 Å². The highest BCUT2D eigenvalue weighted by Crippen LogP contribution is 2.45. The van der Waals surface area contributed by atoms with E-state index in [1.165, 1.54) is 0 Å². The number of ketones is 1. The number of hydrogen-bond donors (Lipinski definition) is 1. The minimum absolute atomic E-state index is 0.0894. The van der Waals surface area contributed by atoms with Gasteiger partial charge in [0.05, 0.1) is 6.04 Å². The first-order valence-corrected chi connectivity index (χ1v) is 16.0. The van der Waals surface area contributed by atoms with Crippen LogP contribution < -0.4 is 5.32 Å². The van der Waals surface area contributed by atoms with Gasteiger partial charge in [-0.25, -0.2) is 4.79 Å². The SMILES string of the molecule is O=C(N[C@@H](Cc1ccccc1)C(=O)C(c1ccccc1)(c1ccccc1)c1ccccc1)OCC1c2ccccc2-c2ccccc21. The lowest BCUT2D eigenvalue weighted by Gasteiger charge is -2.37. The summed E-state index contributed by atoms with van der Waals surface area (Å²) in [5, 5.41) is 3.04. The maximum Gasteiger partial charge on any atom is 0.407 e. The van der Waals surface area contributed by atoms with E-state index < -0.39 is 17.6 Å². The van der Waals surface area contributed by atoms with E-state index in [1.807, 2.05) is 146 Å². The second-order valence-electron chi connectivity index (χ2n) is 11.9. The Labute approximate surface area is 275 Å². The lowest BCUT2D eigenvalue weighted by Crippen LogP contribution is -2.52. The minimum atomic E-state index is -1.19. The molecular weight excluding hydrogens is 578 g/mol. The summed E-state index contributed by atoms with van der Waals surface area (Å²) in [5.74, 6) is -0.230. The first-order valence-electron chi connectivity index (χ1n) is 16.0. The summed E-state index contributed by atoms with van der Waals surface area (Å²) >= 11 is 0. The van der Waals surface area contributed by atoms with E-state index in [2.05, 4.69) is 29.6 Å². The van der Waals surface area contributed by atoms with Crippen LogP contribution in [0.15, 0.2) is 170 Å². The number of ether oxygens (including phenoxy) is 1. The molecule has 6 aromatic rings. The Hall–Kier alpha value is -5.74. The van der Waals surface area contributed by atoms with Crippen LogP contribution in [-0.2, 0) is 21.4 Å². The van der Waals surface area contributed by atoms with E-state index in [-0.39, 0.29) is 18.3 Å². The highest BCUT2D eigenvalue weighted by Gasteiger charge is 2.47. The molecule has 1 N–H and O–H groups in total. The molecule has 7 rings (SSSR count). The molecule has 0 aliphatic heterocycles. The van der Waals surface area contributed by atoms with Crippen molar-refractivity contribution in [1.29, 1.82) is 0 Å². The molecule has 0 saturated heterocycles. The molecule has 1 amide bonds. The van der Waals surface area contributed by atoms with Gasteiger partial charge in [-0.05, 0) is 50.9 Å². The summed E-state index contributed by atoms with van der Waals surface area (Å²) in [7, 11) is 0. The fourth-order valence-corrected chi connectivity index (χ4v) is 7.09. The van der Waals surface area contributed by atoms with Crippen LogP contribution in [0, 0.1) is 0 Å². The van der Waals surface area contributed by atoms with E-state index in [4.69, 9.17) is 4.74 Å². The summed E-state index contributed by atoms with van der Waals surface area (Å²) < 4.78 is 5.99. The van der Waals surface area contributed by atoms with Crippen LogP contribution in [0.1, 0.15) is 39.3 Å². The van der Waals surface area contributed by atoms with Gasteiger partial charge in [-0.3, -0.25) is 4.79 Å². The largest absolute Gasteiger partial charge is 0.449 e. The maximum absolute atomic E-state index is 15.4. The lowest BCUT2D eigenvalue weighted by atomic mass is 9.64. The van der Waals surface area contributed by atoms with E-state index >= 15 is 4.79 Å². The average molecular weight is 614 g/mol. The van der Waals surface area contributed by atoms with Gasteiger partial charge in [0.2, 0.25) is 0 Å². The molecule has 0 unspecified atom stereocenters. The van der Waals surface area contributed by atoms with Crippen LogP contribution in [-0.4, -0.2) is 24.5 Å². The van der Waals surface area contributed by atoms with Gasteiger partial charge in [-0.15, -0.1) is 0 Å². The first-order chi connectivity index (χ1) is 23.2. The number of alkyl carbamates (subject to hydrolysis) is 1. The van der Waals surface area contributed by atoms with E-state index in [1.54, 1.807) is 0 Å². The van der Waals surface area contributed by atoms with Crippen molar-refractivity contribution >= 4 is 11.9 Å². The number of fused-ring (bicyclic) bond motifs is 3. The molecule has 4 nitrogen and oxygen atoms in total. The zero-order valence-corrected chi connectivity index (χ0v) is 26.0. The molecule has 0 saturated carbocycles. The van der Waals surface area contributed by atoms with Gasteiger partial charge in [0, 0.05) is 5.92 Å². The van der Waals surface area contributed by atoms with Crippen molar-refractivity contribution in [3.8, 4) is 11.1 Å². The standard InChI is InChI=1S/C43H35NO3/c45-41(43(32-19-7-2-8-20-32,33-21-9-3-10-22-33)34-23-11-4-12-24-34)40(29-31-17-5-1-6-18-31)44-42(46)47-30-39-37-27-15-13-25-35(37)36-26-14-16-28-38(36)39/h1-28,39-40H,29-30H2,(H,44,46)/t40-/m0/s1. The number of Topliss-reactive ketones (excluding diaryl/α,β-unsaturated/α-hetero) is 1. The number of hydrogen-bond acceptors (Lipinski definition) is 3. The number of carbonyl (C=O) groups is 2. The Kier molecular flexibility index (Phi) is 8.48. The molecule has 1 atom stereocenters. The number of amides is 1. The summed E-state index contributed by atoms with van der Waals surface area (Å²) in [6.45, 7) is 0.160. The summed E-state index contributed by atoms with van der Waals surface area (Å²) in [5.41, 5.74) is 6.82. The number of carbonyl (C=O) groups excluding carboxylic acids is 2. The molecule has 0 aromatic heterocycles. The summed E-state index contributed by atoms with van der Waals surface area (Å²) in [4.78, 5) is 29.2.